The van der Waals surface area contributed by atoms with Gasteiger partial charge in [-0.3, -0.25) is 9.69 Å². The van der Waals surface area contributed by atoms with E-state index < -0.39 is 0 Å². The molecule has 1 aliphatic heterocycles. The standard InChI is InChI=1S/C10H20N2O2/c1-8(13)6-12-5-3-4-10(7-12)11-9(2)14/h8,10,13H,3-7H2,1-2H3,(H,11,14)/t8-,10+/m0/s1. The molecule has 0 aromatic carbocycles. The van der Waals surface area contributed by atoms with E-state index >= 15 is 0 Å². The molecule has 1 saturated heterocycles. The van der Waals surface area contributed by atoms with Gasteiger partial charge in [-0.05, 0) is 26.3 Å². The molecular formula is C10H20N2O2. The molecule has 1 fully saturated rings. The number of nitrogens with one attached hydrogen (secondary N) is 1. The number of aliphatic hydroxyl groups excluding tert-OH is 1. The zero-order valence-electron chi connectivity index (χ0n) is 8.99. The van der Waals surface area contributed by atoms with Crippen molar-refractivity contribution >= 4 is 5.91 Å². The Morgan fingerprint density at radius 2 is 2.43 bits per heavy atom. The number of amides is 1. The molecule has 82 valence electrons. The summed E-state index contributed by atoms with van der Waals surface area (Å²) in [4.78, 5) is 13.1. The van der Waals surface area contributed by atoms with Crippen molar-refractivity contribution < 1.29 is 9.90 Å². The van der Waals surface area contributed by atoms with Crippen molar-refractivity contribution in [2.75, 3.05) is 19.6 Å². The smallest absolute Gasteiger partial charge is 0.217 e. The summed E-state index contributed by atoms with van der Waals surface area (Å²) < 4.78 is 0. The Labute approximate surface area is 85.3 Å². The molecule has 0 unspecified atom stereocenters. The number of hydrogen-bond donors (Lipinski definition) is 2. The highest BCUT2D eigenvalue weighted by molar-refractivity contribution is 5.73. The number of likely N-dealkylation sites (tertiary alicyclic amines) is 1. The minimum absolute atomic E-state index is 0.0360. The summed E-state index contributed by atoms with van der Waals surface area (Å²) in [7, 11) is 0. The lowest BCUT2D eigenvalue weighted by Crippen LogP contribution is -2.48. The monoisotopic (exact) mass is 200 g/mol. The molecule has 0 aliphatic carbocycles. The van der Waals surface area contributed by atoms with Crippen LogP contribution in [0.3, 0.4) is 0 Å². The fourth-order valence-electron chi connectivity index (χ4n) is 2.00. The molecule has 0 radical (unpaired) electrons. The maximum Gasteiger partial charge on any atom is 0.217 e. The van der Waals surface area contributed by atoms with Crippen LogP contribution in [-0.2, 0) is 4.79 Å². The van der Waals surface area contributed by atoms with Crippen molar-refractivity contribution in [3.63, 3.8) is 0 Å². The van der Waals surface area contributed by atoms with E-state index in [1.807, 2.05) is 0 Å². The van der Waals surface area contributed by atoms with Gasteiger partial charge in [-0.1, -0.05) is 0 Å². The van der Waals surface area contributed by atoms with E-state index in [1.54, 1.807) is 13.8 Å². The lowest BCUT2D eigenvalue weighted by Gasteiger charge is -2.33. The molecule has 1 rings (SSSR count). The maximum atomic E-state index is 10.9. The second-order valence-electron chi connectivity index (χ2n) is 4.15. The van der Waals surface area contributed by atoms with Crippen molar-refractivity contribution in [2.24, 2.45) is 0 Å². The summed E-state index contributed by atoms with van der Waals surface area (Å²) in [5.74, 6) is 0.0360. The Hall–Kier alpha value is -0.610. The number of aliphatic hydroxyl groups is 1. The lowest BCUT2D eigenvalue weighted by molar-refractivity contribution is -0.120. The number of piperidine rings is 1. The molecule has 0 saturated carbocycles. The van der Waals surface area contributed by atoms with Crippen molar-refractivity contribution in [3.8, 4) is 0 Å². The Kier molecular flexibility index (Phi) is 4.35. The molecule has 2 atom stereocenters. The summed E-state index contributed by atoms with van der Waals surface area (Å²) in [6, 6.07) is 0.264. The van der Waals surface area contributed by atoms with Crippen LogP contribution < -0.4 is 5.32 Å². The van der Waals surface area contributed by atoms with Crippen molar-refractivity contribution in [1.29, 1.82) is 0 Å². The average Bonchev–Trinajstić information content (AvgIpc) is 2.01. The molecule has 14 heavy (non-hydrogen) atoms. The van der Waals surface area contributed by atoms with E-state index in [0.29, 0.717) is 6.54 Å². The zero-order chi connectivity index (χ0) is 10.6. The Morgan fingerprint density at radius 1 is 1.71 bits per heavy atom. The van der Waals surface area contributed by atoms with E-state index in [2.05, 4.69) is 10.2 Å². The van der Waals surface area contributed by atoms with E-state index in [9.17, 15) is 9.90 Å². The Balaban J connectivity index is 2.32. The topological polar surface area (TPSA) is 52.6 Å². The molecule has 0 aromatic heterocycles. The summed E-state index contributed by atoms with van der Waals surface area (Å²) in [5.41, 5.74) is 0. The zero-order valence-corrected chi connectivity index (χ0v) is 8.99. The number of nitrogens with zero attached hydrogens (tertiary/aromatic N) is 1. The van der Waals surface area contributed by atoms with E-state index in [0.717, 1.165) is 25.9 Å². The Bertz CT molecular complexity index is 195. The van der Waals surface area contributed by atoms with Gasteiger partial charge in [-0.2, -0.15) is 0 Å². The second-order valence-corrected chi connectivity index (χ2v) is 4.15. The summed E-state index contributed by atoms with van der Waals surface area (Å²) in [6.07, 6.45) is 1.86. The highest BCUT2D eigenvalue weighted by Crippen LogP contribution is 2.10. The summed E-state index contributed by atoms with van der Waals surface area (Å²) >= 11 is 0. The molecule has 2 N–H and O–H groups in total. The normalized spacial score (nSPS) is 25.8. The van der Waals surface area contributed by atoms with Gasteiger partial charge < -0.3 is 10.4 Å². The van der Waals surface area contributed by atoms with Crippen LogP contribution in [0.25, 0.3) is 0 Å². The molecule has 1 heterocycles. The van der Waals surface area contributed by atoms with Gasteiger partial charge in [0.25, 0.3) is 0 Å². The highest BCUT2D eigenvalue weighted by atomic mass is 16.3. The van der Waals surface area contributed by atoms with Crippen LogP contribution in [-0.4, -0.2) is 47.7 Å². The molecule has 4 heteroatoms. The van der Waals surface area contributed by atoms with E-state index in [4.69, 9.17) is 0 Å². The Morgan fingerprint density at radius 3 is 3.00 bits per heavy atom. The fourth-order valence-corrected chi connectivity index (χ4v) is 2.00. The first kappa shape index (κ1) is 11.5. The van der Waals surface area contributed by atoms with Crippen LogP contribution in [0, 0.1) is 0 Å². The number of rotatable bonds is 3. The van der Waals surface area contributed by atoms with E-state index in [1.165, 1.54) is 0 Å². The summed E-state index contributed by atoms with van der Waals surface area (Å²) in [6.45, 7) is 5.94. The SMILES string of the molecule is CC(=O)N[C@@H]1CCCN(C[C@H](C)O)C1. The number of hydrogen-bond acceptors (Lipinski definition) is 3. The van der Waals surface area contributed by atoms with Crippen LogP contribution in [0.15, 0.2) is 0 Å². The minimum Gasteiger partial charge on any atom is -0.392 e. The fraction of sp³-hybridized carbons (Fsp3) is 0.900. The number of carbonyl (C=O) groups excluding carboxylic acids is 1. The highest BCUT2D eigenvalue weighted by Gasteiger charge is 2.20. The van der Waals surface area contributed by atoms with Gasteiger partial charge in [-0.15, -0.1) is 0 Å². The van der Waals surface area contributed by atoms with Gasteiger partial charge in [0.05, 0.1) is 6.10 Å². The largest absolute Gasteiger partial charge is 0.392 e. The minimum atomic E-state index is -0.286. The molecule has 0 bridgehead atoms. The third kappa shape index (κ3) is 4.07. The van der Waals surface area contributed by atoms with Gasteiger partial charge in [0.2, 0.25) is 5.91 Å². The van der Waals surface area contributed by atoms with Crippen molar-refractivity contribution in [1.82, 2.24) is 10.2 Å². The quantitative estimate of drug-likeness (QED) is 0.672. The maximum absolute atomic E-state index is 10.9. The average molecular weight is 200 g/mol. The van der Waals surface area contributed by atoms with Gasteiger partial charge in [0.15, 0.2) is 0 Å². The first-order valence-electron chi connectivity index (χ1n) is 5.25. The van der Waals surface area contributed by atoms with Gasteiger partial charge in [0, 0.05) is 26.1 Å². The molecule has 1 aliphatic rings. The van der Waals surface area contributed by atoms with Gasteiger partial charge >= 0.3 is 0 Å². The van der Waals surface area contributed by atoms with Crippen LogP contribution in [0.1, 0.15) is 26.7 Å². The van der Waals surface area contributed by atoms with Gasteiger partial charge in [-0.25, -0.2) is 0 Å². The third-order valence-corrected chi connectivity index (χ3v) is 2.44. The van der Waals surface area contributed by atoms with Crippen LogP contribution in [0.2, 0.25) is 0 Å². The van der Waals surface area contributed by atoms with Crippen LogP contribution >= 0.6 is 0 Å². The first-order valence-corrected chi connectivity index (χ1v) is 5.25. The first-order chi connectivity index (χ1) is 6.58. The van der Waals surface area contributed by atoms with E-state index in [-0.39, 0.29) is 18.1 Å². The molecule has 4 nitrogen and oxygen atoms in total. The third-order valence-electron chi connectivity index (χ3n) is 2.44. The predicted molar refractivity (Wildman–Crippen MR) is 55.0 cm³/mol. The van der Waals surface area contributed by atoms with Gasteiger partial charge in [0.1, 0.15) is 0 Å². The van der Waals surface area contributed by atoms with Crippen molar-refractivity contribution in [3.05, 3.63) is 0 Å². The second kappa shape index (κ2) is 5.32. The molecular weight excluding hydrogens is 180 g/mol. The van der Waals surface area contributed by atoms with Crippen LogP contribution in [0.5, 0.6) is 0 Å². The molecule has 0 aromatic rings. The number of β-amino-alcohol motifs (C(OH)–C–C–N with tert-alkyl or cyclic N) is 1. The molecule has 0 spiro atoms. The van der Waals surface area contributed by atoms with Crippen LogP contribution in [0.4, 0.5) is 0 Å². The summed E-state index contributed by atoms with van der Waals surface area (Å²) in [5, 5.41) is 12.2. The van der Waals surface area contributed by atoms with Crippen molar-refractivity contribution in [2.45, 2.75) is 38.8 Å². The lowest BCUT2D eigenvalue weighted by atomic mass is 10.1. The predicted octanol–water partition coefficient (Wildman–Crippen LogP) is -0.0323. The molecule has 1 amide bonds. The number of carbonyl (C=O) groups is 1.